The van der Waals surface area contributed by atoms with E-state index in [1.807, 2.05) is 27.7 Å². The van der Waals surface area contributed by atoms with Crippen molar-refractivity contribution in [2.24, 2.45) is 17.3 Å². The molecule has 0 aliphatic carbocycles. The lowest BCUT2D eigenvalue weighted by Crippen LogP contribution is -2.36. The average Bonchev–Trinajstić information content (AvgIpc) is 2.34. The topological polar surface area (TPSA) is 149 Å². The van der Waals surface area contributed by atoms with Gasteiger partial charge in [-0.1, -0.05) is 27.7 Å². The van der Waals surface area contributed by atoms with E-state index in [1.54, 1.807) is 0 Å². The molecular weight excluding hydrogens is 320 g/mol. The molecule has 8 nitrogen and oxygen atoms in total. The highest BCUT2D eigenvalue weighted by Crippen LogP contribution is 2.37. The third-order valence-corrected chi connectivity index (χ3v) is 3.09. The molecule has 0 heterocycles. The Bertz CT molecular complexity index is 415. The van der Waals surface area contributed by atoms with Gasteiger partial charge in [-0.15, -0.1) is 0 Å². The van der Waals surface area contributed by atoms with Crippen LogP contribution in [0.3, 0.4) is 0 Å². The van der Waals surface area contributed by atoms with Crippen LogP contribution >= 0.6 is 0 Å². The second kappa shape index (κ2) is 11.4. The first-order valence-corrected chi connectivity index (χ1v) is 7.71. The van der Waals surface area contributed by atoms with Crippen molar-refractivity contribution in [3.8, 4) is 0 Å². The van der Waals surface area contributed by atoms with Gasteiger partial charge in [0.25, 0.3) is 0 Å². The third-order valence-electron chi connectivity index (χ3n) is 3.09. The lowest BCUT2D eigenvalue weighted by atomic mass is 9.72. The van der Waals surface area contributed by atoms with Gasteiger partial charge in [-0.2, -0.15) is 0 Å². The Balaban J connectivity index is 0. The molecule has 140 valence electrons. The number of hydrogen-bond acceptors (Lipinski definition) is 4. The molecule has 0 rings (SSSR count). The first kappa shape index (κ1) is 24.1. The monoisotopic (exact) mass is 348 g/mol. The minimum Gasteiger partial charge on any atom is -0.481 e. The molecular formula is C16H28O8. The zero-order valence-corrected chi connectivity index (χ0v) is 14.6. The largest absolute Gasteiger partial charge is 0.481 e. The van der Waals surface area contributed by atoms with E-state index in [2.05, 4.69) is 0 Å². The summed E-state index contributed by atoms with van der Waals surface area (Å²) in [5, 5.41) is 34.0. The first-order valence-electron chi connectivity index (χ1n) is 7.71. The van der Waals surface area contributed by atoms with Crippen LogP contribution < -0.4 is 0 Å². The van der Waals surface area contributed by atoms with E-state index >= 15 is 0 Å². The number of hydrogen-bond donors (Lipinski definition) is 4. The summed E-state index contributed by atoms with van der Waals surface area (Å²) in [5.74, 6) is -3.83. The van der Waals surface area contributed by atoms with Gasteiger partial charge in [0.1, 0.15) is 0 Å². The van der Waals surface area contributed by atoms with Crippen LogP contribution in [0.1, 0.15) is 59.8 Å². The van der Waals surface area contributed by atoms with Gasteiger partial charge in [0, 0.05) is 0 Å². The van der Waals surface area contributed by atoms with Crippen molar-refractivity contribution >= 4 is 23.9 Å². The Labute approximate surface area is 141 Å². The van der Waals surface area contributed by atoms with Gasteiger partial charge in [0.05, 0.1) is 24.7 Å². The summed E-state index contributed by atoms with van der Waals surface area (Å²) in [4.78, 5) is 41.5. The fourth-order valence-electron chi connectivity index (χ4n) is 2.54. The van der Waals surface area contributed by atoms with Gasteiger partial charge in [0.15, 0.2) is 0 Å². The Kier molecular flexibility index (Phi) is 11.5. The number of carboxylic acids is 4. The van der Waals surface area contributed by atoms with Crippen molar-refractivity contribution in [1.29, 1.82) is 0 Å². The third kappa shape index (κ3) is 12.4. The van der Waals surface area contributed by atoms with Gasteiger partial charge >= 0.3 is 23.9 Å². The molecule has 0 aliphatic rings. The fourth-order valence-corrected chi connectivity index (χ4v) is 2.54. The van der Waals surface area contributed by atoms with Gasteiger partial charge in [0.2, 0.25) is 0 Å². The molecule has 8 heteroatoms. The predicted octanol–water partition coefficient (Wildman–Crippen LogP) is 2.56. The molecule has 0 atom stereocenters. The molecule has 0 bridgehead atoms. The molecule has 24 heavy (non-hydrogen) atoms. The van der Waals surface area contributed by atoms with Crippen LogP contribution in [-0.4, -0.2) is 44.3 Å². The van der Waals surface area contributed by atoms with E-state index in [1.165, 1.54) is 0 Å². The van der Waals surface area contributed by atoms with Crippen molar-refractivity contribution in [2.45, 2.75) is 59.8 Å². The quantitative estimate of drug-likeness (QED) is 0.470. The van der Waals surface area contributed by atoms with Crippen LogP contribution in [0, 0.1) is 17.3 Å². The van der Waals surface area contributed by atoms with Crippen LogP contribution in [0.5, 0.6) is 0 Å². The van der Waals surface area contributed by atoms with Crippen molar-refractivity contribution in [3.63, 3.8) is 0 Å². The molecule has 0 aromatic carbocycles. The second-order valence-electron chi connectivity index (χ2n) is 6.64. The van der Waals surface area contributed by atoms with E-state index in [0.29, 0.717) is 12.8 Å². The minimum absolute atomic E-state index is 0.175. The van der Waals surface area contributed by atoms with Crippen LogP contribution in [0.4, 0.5) is 0 Å². The summed E-state index contributed by atoms with van der Waals surface area (Å²) in [6.07, 6.45) is -0.0665. The highest BCUT2D eigenvalue weighted by molar-refractivity contribution is 5.81. The standard InChI is InChI=1S/C12H22O4.C4H6O4/c1-8(2)5-12(11(15)16,6-9(3)4)7-10(13)14;5-3(6)1-2-4(7)8/h8-9H,5-7H2,1-4H3,(H,13,14)(H,15,16);1-2H2,(H,5,6)(H,7,8). The van der Waals surface area contributed by atoms with Crippen molar-refractivity contribution in [3.05, 3.63) is 0 Å². The predicted molar refractivity (Wildman–Crippen MR) is 85.7 cm³/mol. The summed E-state index contributed by atoms with van der Waals surface area (Å²) in [6.45, 7) is 7.67. The Hall–Kier alpha value is -2.12. The maximum Gasteiger partial charge on any atom is 0.310 e. The molecule has 0 saturated carbocycles. The van der Waals surface area contributed by atoms with Crippen molar-refractivity contribution in [1.82, 2.24) is 0 Å². The lowest BCUT2D eigenvalue weighted by Gasteiger charge is -2.31. The number of rotatable bonds is 10. The van der Waals surface area contributed by atoms with E-state index in [0.717, 1.165) is 0 Å². The van der Waals surface area contributed by atoms with E-state index in [9.17, 15) is 24.3 Å². The molecule has 0 spiro atoms. The summed E-state index contributed by atoms with van der Waals surface area (Å²) >= 11 is 0. The Morgan fingerprint density at radius 1 is 0.708 bits per heavy atom. The Morgan fingerprint density at radius 2 is 1.04 bits per heavy atom. The highest BCUT2D eigenvalue weighted by Gasteiger charge is 2.41. The van der Waals surface area contributed by atoms with Crippen molar-refractivity contribution < 1.29 is 39.6 Å². The summed E-state index contributed by atoms with van der Waals surface area (Å²) < 4.78 is 0. The number of carbonyl (C=O) groups is 4. The fraction of sp³-hybridized carbons (Fsp3) is 0.750. The normalized spacial score (nSPS) is 10.9. The van der Waals surface area contributed by atoms with Crippen molar-refractivity contribution in [2.75, 3.05) is 0 Å². The van der Waals surface area contributed by atoms with E-state index in [-0.39, 0.29) is 31.1 Å². The van der Waals surface area contributed by atoms with E-state index < -0.39 is 29.3 Å². The number of carboxylic acid groups (broad SMARTS) is 4. The SMILES string of the molecule is CC(C)CC(CC(=O)O)(CC(C)C)C(=O)O.O=C(O)CCC(=O)O. The van der Waals surface area contributed by atoms with Gasteiger partial charge < -0.3 is 20.4 Å². The van der Waals surface area contributed by atoms with Crippen LogP contribution in [0.15, 0.2) is 0 Å². The molecule has 0 fully saturated rings. The van der Waals surface area contributed by atoms with Gasteiger partial charge in [-0.25, -0.2) is 0 Å². The summed E-state index contributed by atoms with van der Waals surface area (Å²) in [7, 11) is 0. The summed E-state index contributed by atoms with van der Waals surface area (Å²) in [6, 6.07) is 0. The molecule has 4 N–H and O–H groups in total. The molecule has 0 unspecified atom stereocenters. The van der Waals surface area contributed by atoms with Gasteiger partial charge in [-0.05, 0) is 24.7 Å². The van der Waals surface area contributed by atoms with Crippen LogP contribution in [0.25, 0.3) is 0 Å². The zero-order valence-electron chi connectivity index (χ0n) is 14.6. The highest BCUT2D eigenvalue weighted by atomic mass is 16.4. The van der Waals surface area contributed by atoms with Crippen LogP contribution in [0.2, 0.25) is 0 Å². The maximum atomic E-state index is 11.4. The molecule has 0 amide bonds. The van der Waals surface area contributed by atoms with Gasteiger partial charge in [-0.3, -0.25) is 19.2 Å². The maximum absolute atomic E-state index is 11.4. The molecule has 0 aromatic rings. The van der Waals surface area contributed by atoms with E-state index in [4.69, 9.17) is 15.3 Å². The summed E-state index contributed by atoms with van der Waals surface area (Å²) in [5.41, 5.74) is -1.12. The minimum atomic E-state index is -1.12. The smallest absolute Gasteiger partial charge is 0.310 e. The lowest BCUT2D eigenvalue weighted by molar-refractivity contribution is -0.158. The molecule has 0 saturated heterocycles. The number of aliphatic carboxylic acids is 4. The molecule has 0 aromatic heterocycles. The van der Waals surface area contributed by atoms with Crippen LogP contribution in [-0.2, 0) is 19.2 Å². The first-order chi connectivity index (χ1) is 10.8. The second-order valence-corrected chi connectivity index (χ2v) is 6.64. The molecule has 0 aliphatic heterocycles. The Morgan fingerprint density at radius 3 is 1.21 bits per heavy atom. The zero-order chi connectivity index (χ0) is 19.5. The molecule has 0 radical (unpaired) electrons. The average molecular weight is 348 g/mol.